The van der Waals surface area contributed by atoms with Crippen LogP contribution in [0.5, 0.6) is 5.75 Å². The summed E-state index contributed by atoms with van der Waals surface area (Å²) in [5.41, 5.74) is 0.559. The van der Waals surface area contributed by atoms with E-state index < -0.39 is 5.97 Å². The molecule has 0 atom stereocenters. The number of ether oxygens (including phenoxy) is 1. The molecule has 0 unspecified atom stereocenters. The Labute approximate surface area is 92.5 Å². The van der Waals surface area contributed by atoms with Gasteiger partial charge < -0.3 is 9.84 Å². The normalized spacial score (nSPS) is 10.3. The van der Waals surface area contributed by atoms with Crippen LogP contribution in [0.15, 0.2) is 30.5 Å². The molecule has 1 aromatic carbocycles. The number of carbonyl (C=O) groups is 1. The quantitative estimate of drug-likeness (QED) is 0.852. The lowest BCUT2D eigenvalue weighted by Gasteiger charge is -2.05. The number of fused-ring (bicyclic) bond motifs is 1. The largest absolute Gasteiger partial charge is 0.497 e. The van der Waals surface area contributed by atoms with Crippen molar-refractivity contribution in [3.05, 3.63) is 36.2 Å². The second-order valence-electron chi connectivity index (χ2n) is 3.42. The fourth-order valence-corrected chi connectivity index (χ4v) is 1.62. The molecule has 16 heavy (non-hydrogen) atoms. The summed E-state index contributed by atoms with van der Waals surface area (Å²) >= 11 is 0. The summed E-state index contributed by atoms with van der Waals surface area (Å²) in [4.78, 5) is 14.8. The van der Waals surface area contributed by atoms with Crippen LogP contribution in [-0.2, 0) is 11.2 Å². The first kappa shape index (κ1) is 10.4. The number of aliphatic carboxylic acids is 1. The summed E-state index contributed by atoms with van der Waals surface area (Å²) in [6.45, 7) is 0. The Morgan fingerprint density at radius 2 is 2.25 bits per heavy atom. The Morgan fingerprint density at radius 1 is 1.44 bits per heavy atom. The molecule has 82 valence electrons. The van der Waals surface area contributed by atoms with Crippen molar-refractivity contribution in [1.82, 2.24) is 4.98 Å². The van der Waals surface area contributed by atoms with Gasteiger partial charge in [-0.1, -0.05) is 6.07 Å². The van der Waals surface area contributed by atoms with Gasteiger partial charge in [-0.3, -0.25) is 9.78 Å². The standard InChI is InChI=1S/C12H11NO3/c1-16-9-3-2-8-4-5-13-11(7-12(14)15)10(8)6-9/h2-6H,7H2,1H3,(H,14,15). The van der Waals surface area contributed by atoms with Gasteiger partial charge in [0.25, 0.3) is 0 Å². The first-order valence-electron chi connectivity index (χ1n) is 4.84. The number of hydrogen-bond donors (Lipinski definition) is 1. The third-order valence-corrected chi connectivity index (χ3v) is 2.37. The lowest BCUT2D eigenvalue weighted by molar-refractivity contribution is -0.136. The lowest BCUT2D eigenvalue weighted by Crippen LogP contribution is -2.02. The second-order valence-corrected chi connectivity index (χ2v) is 3.42. The first-order chi connectivity index (χ1) is 7.70. The number of carboxylic acids is 1. The molecular formula is C12H11NO3. The molecule has 0 saturated heterocycles. The highest BCUT2D eigenvalue weighted by Gasteiger charge is 2.07. The van der Waals surface area contributed by atoms with Gasteiger partial charge in [0, 0.05) is 11.6 Å². The van der Waals surface area contributed by atoms with Gasteiger partial charge in [0.15, 0.2) is 0 Å². The van der Waals surface area contributed by atoms with Crippen molar-refractivity contribution >= 4 is 16.7 Å². The zero-order valence-electron chi connectivity index (χ0n) is 8.80. The minimum absolute atomic E-state index is 0.0789. The van der Waals surface area contributed by atoms with Gasteiger partial charge in [0.2, 0.25) is 0 Å². The molecule has 0 amide bonds. The fraction of sp³-hybridized carbons (Fsp3) is 0.167. The van der Waals surface area contributed by atoms with Crippen LogP contribution in [0.25, 0.3) is 10.8 Å². The highest BCUT2D eigenvalue weighted by Crippen LogP contribution is 2.22. The summed E-state index contributed by atoms with van der Waals surface area (Å²) in [5.74, 6) is -0.185. The van der Waals surface area contributed by atoms with E-state index in [4.69, 9.17) is 9.84 Å². The molecular weight excluding hydrogens is 206 g/mol. The van der Waals surface area contributed by atoms with Crippen molar-refractivity contribution in [2.24, 2.45) is 0 Å². The van der Waals surface area contributed by atoms with Crippen LogP contribution in [-0.4, -0.2) is 23.2 Å². The molecule has 2 aromatic rings. The maximum absolute atomic E-state index is 10.7. The van der Waals surface area contributed by atoms with Gasteiger partial charge in [0.1, 0.15) is 5.75 Å². The lowest BCUT2D eigenvalue weighted by atomic mass is 10.1. The Balaban J connectivity index is 2.59. The summed E-state index contributed by atoms with van der Waals surface area (Å²) < 4.78 is 5.11. The van der Waals surface area contributed by atoms with Gasteiger partial charge >= 0.3 is 5.97 Å². The van der Waals surface area contributed by atoms with Crippen LogP contribution in [0.4, 0.5) is 0 Å². The van der Waals surface area contributed by atoms with Crippen LogP contribution in [0.1, 0.15) is 5.69 Å². The van der Waals surface area contributed by atoms with Crippen molar-refractivity contribution in [2.45, 2.75) is 6.42 Å². The van der Waals surface area contributed by atoms with E-state index in [0.717, 1.165) is 10.8 Å². The summed E-state index contributed by atoms with van der Waals surface area (Å²) in [7, 11) is 1.58. The Morgan fingerprint density at radius 3 is 2.94 bits per heavy atom. The number of hydrogen-bond acceptors (Lipinski definition) is 3. The SMILES string of the molecule is COc1ccc2ccnc(CC(=O)O)c2c1. The van der Waals surface area contributed by atoms with Gasteiger partial charge in [-0.05, 0) is 23.6 Å². The molecule has 1 aromatic heterocycles. The predicted molar refractivity (Wildman–Crippen MR) is 59.6 cm³/mol. The predicted octanol–water partition coefficient (Wildman–Crippen LogP) is 1.87. The number of rotatable bonds is 3. The monoisotopic (exact) mass is 217 g/mol. The van der Waals surface area contributed by atoms with E-state index in [1.807, 2.05) is 18.2 Å². The molecule has 0 saturated carbocycles. The molecule has 0 aliphatic carbocycles. The number of aromatic nitrogens is 1. The van der Waals surface area contributed by atoms with E-state index >= 15 is 0 Å². The molecule has 0 spiro atoms. The average Bonchev–Trinajstić information content (AvgIpc) is 2.28. The van der Waals surface area contributed by atoms with Gasteiger partial charge in [-0.25, -0.2) is 0 Å². The van der Waals surface area contributed by atoms with Crippen LogP contribution >= 0.6 is 0 Å². The maximum Gasteiger partial charge on any atom is 0.309 e. The van der Waals surface area contributed by atoms with Gasteiger partial charge in [-0.2, -0.15) is 0 Å². The molecule has 4 heteroatoms. The number of methoxy groups -OCH3 is 1. The van der Waals surface area contributed by atoms with Crippen LogP contribution < -0.4 is 4.74 Å². The molecule has 1 heterocycles. The number of carboxylic acid groups (broad SMARTS) is 1. The summed E-state index contributed by atoms with van der Waals surface area (Å²) in [6, 6.07) is 7.38. The smallest absolute Gasteiger partial charge is 0.309 e. The van der Waals surface area contributed by atoms with Gasteiger partial charge in [0.05, 0.1) is 19.2 Å². The minimum atomic E-state index is -0.886. The topological polar surface area (TPSA) is 59.4 Å². The zero-order chi connectivity index (χ0) is 11.5. The van der Waals surface area contributed by atoms with E-state index in [2.05, 4.69) is 4.98 Å². The molecule has 0 aliphatic rings. The van der Waals surface area contributed by atoms with Crippen LogP contribution in [0, 0.1) is 0 Å². The Hall–Kier alpha value is -2.10. The van der Waals surface area contributed by atoms with E-state index in [1.165, 1.54) is 0 Å². The van der Waals surface area contributed by atoms with E-state index in [-0.39, 0.29) is 6.42 Å². The molecule has 0 aliphatic heterocycles. The fourth-order valence-electron chi connectivity index (χ4n) is 1.62. The van der Waals surface area contributed by atoms with Gasteiger partial charge in [-0.15, -0.1) is 0 Å². The molecule has 0 bridgehead atoms. The average molecular weight is 217 g/mol. The van der Waals surface area contributed by atoms with Crippen LogP contribution in [0.3, 0.4) is 0 Å². The highest BCUT2D eigenvalue weighted by molar-refractivity contribution is 5.88. The number of nitrogens with zero attached hydrogens (tertiary/aromatic N) is 1. The molecule has 4 nitrogen and oxygen atoms in total. The third-order valence-electron chi connectivity index (χ3n) is 2.37. The van der Waals surface area contributed by atoms with Crippen molar-refractivity contribution < 1.29 is 14.6 Å². The summed E-state index contributed by atoms with van der Waals surface area (Å²) in [6.07, 6.45) is 1.54. The number of pyridine rings is 1. The van der Waals surface area contributed by atoms with E-state index in [1.54, 1.807) is 19.4 Å². The maximum atomic E-state index is 10.7. The molecule has 2 rings (SSSR count). The summed E-state index contributed by atoms with van der Waals surface area (Å²) in [5, 5.41) is 10.6. The van der Waals surface area contributed by atoms with Crippen molar-refractivity contribution in [1.29, 1.82) is 0 Å². The van der Waals surface area contributed by atoms with Crippen LogP contribution in [0.2, 0.25) is 0 Å². The number of benzene rings is 1. The van der Waals surface area contributed by atoms with E-state index in [9.17, 15) is 4.79 Å². The first-order valence-corrected chi connectivity index (χ1v) is 4.84. The second kappa shape index (κ2) is 4.18. The van der Waals surface area contributed by atoms with Crippen molar-refractivity contribution in [2.75, 3.05) is 7.11 Å². The molecule has 0 radical (unpaired) electrons. The van der Waals surface area contributed by atoms with Crippen molar-refractivity contribution in [3.8, 4) is 5.75 Å². The Kier molecular flexibility index (Phi) is 2.72. The zero-order valence-corrected chi connectivity index (χ0v) is 8.80. The van der Waals surface area contributed by atoms with Crippen molar-refractivity contribution in [3.63, 3.8) is 0 Å². The molecule has 0 fully saturated rings. The molecule has 1 N–H and O–H groups in total. The highest BCUT2D eigenvalue weighted by atomic mass is 16.5. The minimum Gasteiger partial charge on any atom is -0.497 e. The third kappa shape index (κ3) is 1.95. The van der Waals surface area contributed by atoms with E-state index in [0.29, 0.717) is 11.4 Å². The Bertz CT molecular complexity index is 537.